The Morgan fingerprint density at radius 2 is 1.58 bits per heavy atom. The number of halogens is 1. The van der Waals surface area contributed by atoms with E-state index in [2.05, 4.69) is 10.2 Å². The van der Waals surface area contributed by atoms with E-state index in [0.29, 0.717) is 43.1 Å². The Balaban J connectivity index is 1.27. The van der Waals surface area contributed by atoms with Crippen LogP contribution in [0.25, 0.3) is 11.4 Å². The van der Waals surface area contributed by atoms with Gasteiger partial charge in [-0.3, -0.25) is 9.59 Å². The Kier molecular flexibility index (Phi) is 5.66. The number of aromatic nitrogens is 4. The molecule has 3 heterocycles. The molecule has 0 radical (unpaired) electrons. The van der Waals surface area contributed by atoms with Crippen LogP contribution in [-0.4, -0.2) is 56.5 Å². The first-order valence-corrected chi connectivity index (χ1v) is 11.0. The van der Waals surface area contributed by atoms with E-state index in [9.17, 15) is 9.59 Å². The van der Waals surface area contributed by atoms with Gasteiger partial charge in [-0.25, -0.2) is 4.68 Å². The van der Waals surface area contributed by atoms with Crippen molar-refractivity contribution in [1.82, 2.24) is 24.5 Å². The quantitative estimate of drug-likeness (QED) is 0.468. The fourth-order valence-corrected chi connectivity index (χ4v) is 4.16. The topological polar surface area (TPSA) is 76.3 Å². The minimum atomic E-state index is -0.365. The molecule has 8 nitrogen and oxygen atoms in total. The standard InChI is InChI=1S/C24H21ClN6O2/c25-22-21(17-27-31(24(22)33)20-5-2-1-3-6-20)28-13-15-29(16-14-28)23(32)18-7-9-19(10-8-18)30-12-4-11-26-30/h1-12,17H,13-16H2. The highest BCUT2D eigenvalue weighted by molar-refractivity contribution is 6.33. The maximum Gasteiger partial charge on any atom is 0.292 e. The first-order chi connectivity index (χ1) is 16.1. The van der Waals surface area contributed by atoms with Gasteiger partial charge in [-0.15, -0.1) is 0 Å². The van der Waals surface area contributed by atoms with Crippen molar-refractivity contribution in [2.75, 3.05) is 31.1 Å². The number of nitrogens with zero attached hydrogens (tertiary/aromatic N) is 6. The maximum absolute atomic E-state index is 13.0. The Hall–Kier alpha value is -3.91. The largest absolute Gasteiger partial charge is 0.365 e. The Morgan fingerprint density at radius 1 is 0.848 bits per heavy atom. The molecular formula is C24H21ClN6O2. The van der Waals surface area contributed by atoms with Crippen LogP contribution in [0.5, 0.6) is 0 Å². The minimum Gasteiger partial charge on any atom is -0.365 e. The predicted molar refractivity (Wildman–Crippen MR) is 127 cm³/mol. The van der Waals surface area contributed by atoms with Crippen molar-refractivity contribution in [1.29, 1.82) is 0 Å². The SMILES string of the molecule is O=C(c1ccc(-n2cccn2)cc1)N1CCN(c2cnn(-c3ccccc3)c(=O)c2Cl)CC1. The number of hydrogen-bond acceptors (Lipinski definition) is 5. The summed E-state index contributed by atoms with van der Waals surface area (Å²) in [6.45, 7) is 2.18. The van der Waals surface area contributed by atoms with Crippen molar-refractivity contribution in [3.05, 3.63) is 100 Å². The molecule has 9 heteroatoms. The molecule has 0 saturated carbocycles. The van der Waals surface area contributed by atoms with E-state index in [1.807, 2.05) is 64.5 Å². The van der Waals surface area contributed by atoms with Gasteiger partial charge in [0.25, 0.3) is 11.5 Å². The van der Waals surface area contributed by atoms with Crippen molar-refractivity contribution in [2.24, 2.45) is 0 Å². The van der Waals surface area contributed by atoms with Gasteiger partial charge in [-0.1, -0.05) is 29.8 Å². The second-order valence-corrected chi connectivity index (χ2v) is 8.05. The van der Waals surface area contributed by atoms with Crippen LogP contribution in [0.4, 0.5) is 5.69 Å². The molecule has 0 spiro atoms. The third-order valence-corrected chi connectivity index (χ3v) is 6.05. The van der Waals surface area contributed by atoms with Gasteiger partial charge in [-0.05, 0) is 42.5 Å². The number of carbonyl (C=O) groups is 1. The van der Waals surface area contributed by atoms with Gasteiger partial charge in [0, 0.05) is 44.1 Å². The van der Waals surface area contributed by atoms with E-state index in [1.165, 1.54) is 4.68 Å². The van der Waals surface area contributed by atoms with Gasteiger partial charge in [0.2, 0.25) is 0 Å². The van der Waals surface area contributed by atoms with E-state index in [4.69, 9.17) is 11.6 Å². The lowest BCUT2D eigenvalue weighted by Gasteiger charge is -2.36. The first kappa shape index (κ1) is 21.0. The van der Waals surface area contributed by atoms with Crippen molar-refractivity contribution < 1.29 is 4.79 Å². The molecule has 4 aromatic rings. The van der Waals surface area contributed by atoms with Crippen molar-refractivity contribution >= 4 is 23.2 Å². The van der Waals surface area contributed by atoms with Gasteiger partial charge >= 0.3 is 0 Å². The summed E-state index contributed by atoms with van der Waals surface area (Å²) in [6, 6.07) is 18.4. The number of benzene rings is 2. The normalized spacial score (nSPS) is 13.8. The molecule has 0 N–H and O–H groups in total. The van der Waals surface area contributed by atoms with E-state index < -0.39 is 0 Å². The monoisotopic (exact) mass is 460 g/mol. The van der Waals surface area contributed by atoms with Crippen LogP contribution in [0.1, 0.15) is 10.4 Å². The van der Waals surface area contributed by atoms with E-state index >= 15 is 0 Å². The van der Waals surface area contributed by atoms with Gasteiger partial charge in [0.05, 0.1) is 23.3 Å². The molecule has 1 saturated heterocycles. The molecule has 1 aliphatic rings. The van der Waals surface area contributed by atoms with E-state index in [-0.39, 0.29) is 16.5 Å². The van der Waals surface area contributed by atoms with Crippen LogP contribution in [0.15, 0.2) is 84.0 Å². The second kappa shape index (κ2) is 8.91. The molecule has 1 aliphatic heterocycles. The molecule has 0 unspecified atom stereocenters. The molecule has 1 amide bonds. The van der Waals surface area contributed by atoms with E-state index in [0.717, 1.165) is 5.69 Å². The number of piperazine rings is 1. The fraction of sp³-hybridized carbons (Fsp3) is 0.167. The summed E-state index contributed by atoms with van der Waals surface area (Å²) in [7, 11) is 0. The summed E-state index contributed by atoms with van der Waals surface area (Å²) < 4.78 is 3.04. The molecule has 2 aromatic heterocycles. The summed E-state index contributed by atoms with van der Waals surface area (Å²) >= 11 is 6.43. The number of para-hydroxylation sites is 1. The molecule has 0 aliphatic carbocycles. The van der Waals surface area contributed by atoms with Gasteiger partial charge in [-0.2, -0.15) is 14.9 Å². The zero-order chi connectivity index (χ0) is 22.8. The number of anilines is 1. The number of amides is 1. The summed E-state index contributed by atoms with van der Waals surface area (Å²) in [4.78, 5) is 29.5. The lowest BCUT2D eigenvalue weighted by molar-refractivity contribution is 0.0747. The van der Waals surface area contributed by atoms with Crippen molar-refractivity contribution in [3.8, 4) is 11.4 Å². The van der Waals surface area contributed by atoms with Crippen LogP contribution in [0.2, 0.25) is 5.02 Å². The average molecular weight is 461 g/mol. The third-order valence-electron chi connectivity index (χ3n) is 5.69. The smallest absolute Gasteiger partial charge is 0.292 e. The first-order valence-electron chi connectivity index (χ1n) is 10.6. The number of rotatable bonds is 4. The zero-order valence-corrected chi connectivity index (χ0v) is 18.5. The Morgan fingerprint density at radius 3 is 2.24 bits per heavy atom. The lowest BCUT2D eigenvalue weighted by atomic mass is 10.1. The fourth-order valence-electron chi connectivity index (χ4n) is 3.91. The van der Waals surface area contributed by atoms with Crippen LogP contribution in [0.3, 0.4) is 0 Å². The molecule has 0 bridgehead atoms. The highest BCUT2D eigenvalue weighted by Crippen LogP contribution is 2.23. The Bertz CT molecular complexity index is 1310. The summed E-state index contributed by atoms with van der Waals surface area (Å²) in [6.07, 6.45) is 5.18. The number of carbonyl (C=O) groups excluding carboxylic acids is 1. The lowest BCUT2D eigenvalue weighted by Crippen LogP contribution is -2.49. The molecule has 0 atom stereocenters. The molecule has 1 fully saturated rings. The van der Waals surface area contributed by atoms with Crippen LogP contribution in [-0.2, 0) is 0 Å². The molecular weight excluding hydrogens is 440 g/mol. The van der Waals surface area contributed by atoms with Crippen molar-refractivity contribution in [3.63, 3.8) is 0 Å². The highest BCUT2D eigenvalue weighted by atomic mass is 35.5. The molecule has 33 heavy (non-hydrogen) atoms. The second-order valence-electron chi connectivity index (χ2n) is 7.67. The summed E-state index contributed by atoms with van der Waals surface area (Å²) in [5, 5.41) is 8.63. The summed E-state index contributed by atoms with van der Waals surface area (Å²) in [5.74, 6) is -0.0228. The van der Waals surface area contributed by atoms with Crippen LogP contribution >= 0.6 is 11.6 Å². The predicted octanol–water partition coefficient (Wildman–Crippen LogP) is 3.03. The highest BCUT2D eigenvalue weighted by Gasteiger charge is 2.25. The van der Waals surface area contributed by atoms with Gasteiger partial charge in [0.1, 0.15) is 5.02 Å². The molecule has 166 valence electrons. The summed E-state index contributed by atoms with van der Waals surface area (Å²) in [5.41, 5.74) is 2.41. The molecule has 5 rings (SSSR count). The van der Waals surface area contributed by atoms with Gasteiger partial charge in [0.15, 0.2) is 0 Å². The average Bonchev–Trinajstić information content (AvgIpc) is 3.41. The molecule has 2 aromatic carbocycles. The van der Waals surface area contributed by atoms with Gasteiger partial charge < -0.3 is 9.80 Å². The van der Waals surface area contributed by atoms with Crippen molar-refractivity contribution in [2.45, 2.75) is 0 Å². The third kappa shape index (κ3) is 4.12. The minimum absolute atomic E-state index is 0.0228. The van der Waals surface area contributed by atoms with E-state index in [1.54, 1.807) is 29.2 Å². The zero-order valence-electron chi connectivity index (χ0n) is 17.7. The van der Waals surface area contributed by atoms with Crippen LogP contribution < -0.4 is 10.5 Å². The Labute approximate surface area is 195 Å². The maximum atomic E-state index is 13.0. The number of hydrogen-bond donors (Lipinski definition) is 0. The van der Waals surface area contributed by atoms with Crippen LogP contribution in [0, 0.1) is 0 Å².